The highest BCUT2D eigenvalue weighted by Gasteiger charge is 2.12. The first-order valence-corrected chi connectivity index (χ1v) is 6.92. The van der Waals surface area contributed by atoms with Gasteiger partial charge in [0.05, 0.1) is 6.10 Å². The van der Waals surface area contributed by atoms with Crippen molar-refractivity contribution in [3.05, 3.63) is 34.1 Å². The molecule has 0 saturated carbocycles. The smallest absolute Gasteiger partial charge is 0.162 e. The van der Waals surface area contributed by atoms with E-state index >= 15 is 0 Å². The molecule has 0 aromatic carbocycles. The highest BCUT2D eigenvalue weighted by molar-refractivity contribution is 9.11. The fourth-order valence-corrected chi connectivity index (χ4v) is 1.42. The van der Waals surface area contributed by atoms with Gasteiger partial charge in [-0.3, -0.25) is 4.79 Å². The van der Waals surface area contributed by atoms with Gasteiger partial charge in [0.25, 0.3) is 0 Å². The molecular weight excluding hydrogens is 294 g/mol. The zero-order valence-corrected chi connectivity index (χ0v) is 13.0. The highest BCUT2D eigenvalue weighted by Crippen LogP contribution is 2.08. The first-order valence-electron chi connectivity index (χ1n) is 6.13. The van der Waals surface area contributed by atoms with Crippen LogP contribution in [-0.4, -0.2) is 17.0 Å². The number of allylic oxidation sites excluding steroid dienone is 4. The van der Waals surface area contributed by atoms with Crippen molar-refractivity contribution in [1.29, 1.82) is 0 Å². The van der Waals surface area contributed by atoms with Gasteiger partial charge in [-0.05, 0) is 30.8 Å². The van der Waals surface area contributed by atoms with Gasteiger partial charge in [0.15, 0.2) is 5.78 Å². The third-order valence-electron chi connectivity index (χ3n) is 2.40. The standard InChI is InChI=1S/C14H22BrNO2/c1-5-12(8-7-10(3)15)16-9-13(11(4)17)14(18)6-2/h7-9,11,16-17H,5-6H2,1-4H3/b10-7+,12-8+,13-9-. The Kier molecular flexibility index (Phi) is 8.67. The van der Waals surface area contributed by atoms with Crippen LogP contribution in [0.15, 0.2) is 34.1 Å². The fourth-order valence-electron chi connectivity index (χ4n) is 1.29. The van der Waals surface area contributed by atoms with Gasteiger partial charge in [-0.25, -0.2) is 0 Å². The molecule has 0 amide bonds. The van der Waals surface area contributed by atoms with E-state index in [-0.39, 0.29) is 5.78 Å². The van der Waals surface area contributed by atoms with E-state index < -0.39 is 6.10 Å². The lowest BCUT2D eigenvalue weighted by Gasteiger charge is -2.10. The van der Waals surface area contributed by atoms with E-state index in [1.807, 2.05) is 26.0 Å². The summed E-state index contributed by atoms with van der Waals surface area (Å²) in [7, 11) is 0. The number of hydrogen-bond donors (Lipinski definition) is 2. The Balaban J connectivity index is 4.89. The number of aliphatic hydroxyl groups excluding tert-OH is 1. The van der Waals surface area contributed by atoms with E-state index in [2.05, 4.69) is 21.2 Å². The summed E-state index contributed by atoms with van der Waals surface area (Å²) in [6, 6.07) is 0. The van der Waals surface area contributed by atoms with Crippen molar-refractivity contribution in [3.63, 3.8) is 0 Å². The van der Waals surface area contributed by atoms with Crippen molar-refractivity contribution < 1.29 is 9.90 Å². The second-order valence-corrected chi connectivity index (χ2v) is 5.25. The van der Waals surface area contributed by atoms with Crippen LogP contribution in [0.25, 0.3) is 0 Å². The lowest BCUT2D eigenvalue weighted by molar-refractivity contribution is -0.116. The summed E-state index contributed by atoms with van der Waals surface area (Å²) in [5, 5.41) is 12.6. The molecule has 0 aromatic rings. The van der Waals surface area contributed by atoms with Crippen LogP contribution in [0.4, 0.5) is 0 Å². The maximum atomic E-state index is 11.6. The van der Waals surface area contributed by atoms with Gasteiger partial charge in [-0.2, -0.15) is 0 Å². The Bertz CT molecular complexity index is 364. The maximum absolute atomic E-state index is 11.6. The minimum Gasteiger partial charge on any atom is -0.389 e. The predicted molar refractivity (Wildman–Crippen MR) is 79.3 cm³/mol. The Hall–Kier alpha value is -0.870. The summed E-state index contributed by atoms with van der Waals surface area (Å²) >= 11 is 3.35. The largest absolute Gasteiger partial charge is 0.389 e. The zero-order valence-electron chi connectivity index (χ0n) is 11.5. The van der Waals surface area contributed by atoms with Crippen molar-refractivity contribution in [2.75, 3.05) is 0 Å². The van der Waals surface area contributed by atoms with Crippen LogP contribution in [0.3, 0.4) is 0 Å². The molecular formula is C14H22BrNO2. The molecule has 0 fully saturated rings. The molecule has 1 unspecified atom stereocenters. The fraction of sp³-hybridized carbons (Fsp3) is 0.500. The number of carbonyl (C=O) groups is 1. The van der Waals surface area contributed by atoms with Crippen molar-refractivity contribution in [2.24, 2.45) is 0 Å². The minimum absolute atomic E-state index is 0.0415. The lowest BCUT2D eigenvalue weighted by Crippen LogP contribution is -2.18. The van der Waals surface area contributed by atoms with Crippen molar-refractivity contribution in [1.82, 2.24) is 5.32 Å². The molecule has 0 aromatic heterocycles. The summed E-state index contributed by atoms with van der Waals surface area (Å²) in [4.78, 5) is 11.6. The van der Waals surface area contributed by atoms with E-state index in [9.17, 15) is 9.90 Å². The minimum atomic E-state index is -0.753. The Morgan fingerprint density at radius 2 is 1.94 bits per heavy atom. The number of carbonyl (C=O) groups excluding carboxylic acids is 1. The van der Waals surface area contributed by atoms with Crippen LogP contribution in [0.2, 0.25) is 0 Å². The number of ketones is 1. The first kappa shape index (κ1) is 17.1. The quantitative estimate of drug-likeness (QED) is 0.559. The van der Waals surface area contributed by atoms with Gasteiger partial charge < -0.3 is 10.4 Å². The summed E-state index contributed by atoms with van der Waals surface area (Å²) in [6.45, 7) is 7.35. The molecule has 4 heteroatoms. The van der Waals surface area contributed by atoms with E-state index in [1.165, 1.54) is 0 Å². The molecule has 102 valence electrons. The SMILES string of the molecule is CCC(=O)/C(=C\N/C(=C/C=C(\C)Br)CC)C(C)O. The van der Waals surface area contributed by atoms with E-state index in [0.717, 1.165) is 16.6 Å². The van der Waals surface area contributed by atoms with Gasteiger partial charge >= 0.3 is 0 Å². The highest BCUT2D eigenvalue weighted by atomic mass is 79.9. The molecule has 0 bridgehead atoms. The van der Waals surface area contributed by atoms with E-state index in [0.29, 0.717) is 12.0 Å². The van der Waals surface area contributed by atoms with Crippen LogP contribution in [-0.2, 0) is 4.79 Å². The van der Waals surface area contributed by atoms with Crippen LogP contribution in [0.5, 0.6) is 0 Å². The summed E-state index contributed by atoms with van der Waals surface area (Å²) in [5.41, 5.74) is 1.40. The molecule has 0 aliphatic rings. The lowest BCUT2D eigenvalue weighted by atomic mass is 10.1. The third-order valence-corrected chi connectivity index (χ3v) is 2.67. The average Bonchev–Trinajstić information content (AvgIpc) is 2.32. The molecule has 3 nitrogen and oxygen atoms in total. The number of halogens is 1. The molecule has 2 N–H and O–H groups in total. The Morgan fingerprint density at radius 1 is 1.33 bits per heavy atom. The van der Waals surface area contributed by atoms with Gasteiger partial charge in [-0.1, -0.05) is 35.9 Å². The zero-order chi connectivity index (χ0) is 14.1. The second-order valence-electron chi connectivity index (χ2n) is 4.00. The van der Waals surface area contributed by atoms with E-state index in [1.54, 1.807) is 20.0 Å². The average molecular weight is 316 g/mol. The van der Waals surface area contributed by atoms with Crippen LogP contribution in [0, 0.1) is 0 Å². The Morgan fingerprint density at radius 3 is 2.33 bits per heavy atom. The summed E-state index contributed by atoms with van der Waals surface area (Å²) in [6.07, 6.45) is 5.94. The number of hydrogen-bond acceptors (Lipinski definition) is 3. The molecule has 0 radical (unpaired) electrons. The van der Waals surface area contributed by atoms with Crippen LogP contribution >= 0.6 is 15.9 Å². The van der Waals surface area contributed by atoms with Crippen molar-refractivity contribution in [3.8, 4) is 0 Å². The van der Waals surface area contributed by atoms with Crippen LogP contribution in [0.1, 0.15) is 40.5 Å². The number of aliphatic hydroxyl groups is 1. The molecule has 1 atom stereocenters. The monoisotopic (exact) mass is 315 g/mol. The molecule has 0 aliphatic heterocycles. The predicted octanol–water partition coefficient (Wildman–Crippen LogP) is 3.41. The Labute approximate surface area is 118 Å². The molecule has 0 rings (SSSR count). The van der Waals surface area contributed by atoms with Gasteiger partial charge in [-0.15, -0.1) is 0 Å². The normalized spacial score (nSPS) is 15.6. The number of Topliss-reactive ketones (excluding diaryl/α,β-unsaturated/α-hetero) is 1. The molecule has 0 saturated heterocycles. The second kappa shape index (κ2) is 9.11. The maximum Gasteiger partial charge on any atom is 0.162 e. The van der Waals surface area contributed by atoms with Crippen molar-refractivity contribution >= 4 is 21.7 Å². The molecule has 18 heavy (non-hydrogen) atoms. The van der Waals surface area contributed by atoms with E-state index in [4.69, 9.17) is 0 Å². The van der Waals surface area contributed by atoms with Gasteiger partial charge in [0, 0.05) is 23.9 Å². The summed E-state index contributed by atoms with van der Waals surface area (Å²) < 4.78 is 1.03. The number of nitrogens with one attached hydrogen (secondary N) is 1. The van der Waals surface area contributed by atoms with Gasteiger partial charge in [0.1, 0.15) is 0 Å². The van der Waals surface area contributed by atoms with Gasteiger partial charge in [0.2, 0.25) is 0 Å². The summed E-state index contributed by atoms with van der Waals surface area (Å²) in [5.74, 6) is -0.0415. The molecule has 0 heterocycles. The molecule has 0 spiro atoms. The third kappa shape index (κ3) is 6.77. The van der Waals surface area contributed by atoms with Crippen LogP contribution < -0.4 is 5.32 Å². The topological polar surface area (TPSA) is 49.3 Å². The van der Waals surface area contributed by atoms with Crippen molar-refractivity contribution in [2.45, 2.75) is 46.6 Å². The first-order chi connectivity index (χ1) is 8.42. The molecule has 0 aliphatic carbocycles. The number of rotatable bonds is 7.